The summed E-state index contributed by atoms with van der Waals surface area (Å²) in [6.07, 6.45) is 0.575. The first-order valence-corrected chi connectivity index (χ1v) is 5.27. The maximum Gasteiger partial charge on any atom is 0.331 e. The van der Waals surface area contributed by atoms with Crippen molar-refractivity contribution >= 4 is 11.9 Å². The van der Waals surface area contributed by atoms with Crippen LogP contribution >= 0.6 is 0 Å². The van der Waals surface area contributed by atoms with Crippen molar-refractivity contribution in [1.82, 2.24) is 5.32 Å². The quantitative estimate of drug-likeness (QED) is 0.707. The van der Waals surface area contributed by atoms with Crippen LogP contribution in [0.25, 0.3) is 0 Å². The van der Waals surface area contributed by atoms with Gasteiger partial charge in [-0.15, -0.1) is 0 Å². The molecule has 1 atom stereocenters. The van der Waals surface area contributed by atoms with E-state index in [1.807, 2.05) is 13.8 Å². The minimum atomic E-state index is -0.907. The average molecular weight is 215 g/mol. The van der Waals surface area contributed by atoms with Crippen LogP contribution in [-0.4, -0.2) is 24.0 Å². The minimum absolute atomic E-state index is 0.216. The van der Waals surface area contributed by atoms with Gasteiger partial charge in [0.25, 0.3) is 0 Å². The summed E-state index contributed by atoms with van der Waals surface area (Å²) in [5, 5.41) is 2.66. The van der Waals surface area contributed by atoms with Gasteiger partial charge in [-0.05, 0) is 26.2 Å². The van der Waals surface area contributed by atoms with Crippen LogP contribution < -0.4 is 5.32 Å². The van der Waals surface area contributed by atoms with Crippen LogP contribution in [0.2, 0.25) is 0 Å². The summed E-state index contributed by atoms with van der Waals surface area (Å²) in [5.41, 5.74) is -0.907. The number of amides is 1. The van der Waals surface area contributed by atoms with Gasteiger partial charge in [0, 0.05) is 6.92 Å². The van der Waals surface area contributed by atoms with E-state index in [2.05, 4.69) is 5.32 Å². The Morgan fingerprint density at radius 3 is 2.27 bits per heavy atom. The van der Waals surface area contributed by atoms with Gasteiger partial charge in [0.15, 0.2) is 0 Å². The second-order valence-corrected chi connectivity index (χ2v) is 4.33. The molecule has 0 aliphatic heterocycles. The molecule has 88 valence electrons. The van der Waals surface area contributed by atoms with Crippen LogP contribution in [0.1, 0.15) is 41.0 Å². The fraction of sp³-hybridized carbons (Fsp3) is 0.818. The lowest BCUT2D eigenvalue weighted by atomic mass is 9.90. The molecule has 0 radical (unpaired) electrons. The van der Waals surface area contributed by atoms with E-state index in [0.29, 0.717) is 18.9 Å². The number of rotatable bonds is 5. The SMILES string of the molecule is CCOC(=O)[C@@](C)(CC(C)C)NC(C)=O. The normalized spacial score (nSPS) is 14.5. The Balaban J connectivity index is 4.67. The van der Waals surface area contributed by atoms with E-state index in [1.165, 1.54) is 6.92 Å². The highest BCUT2D eigenvalue weighted by molar-refractivity contribution is 5.86. The fourth-order valence-corrected chi connectivity index (χ4v) is 1.68. The van der Waals surface area contributed by atoms with Crippen LogP contribution in [0.3, 0.4) is 0 Å². The topological polar surface area (TPSA) is 55.4 Å². The molecule has 0 saturated carbocycles. The van der Waals surface area contributed by atoms with Crippen LogP contribution in [0, 0.1) is 5.92 Å². The Morgan fingerprint density at radius 1 is 1.40 bits per heavy atom. The molecule has 15 heavy (non-hydrogen) atoms. The molecule has 0 spiro atoms. The first-order valence-electron chi connectivity index (χ1n) is 5.27. The lowest BCUT2D eigenvalue weighted by Gasteiger charge is -2.29. The molecule has 4 heteroatoms. The van der Waals surface area contributed by atoms with E-state index >= 15 is 0 Å². The second-order valence-electron chi connectivity index (χ2n) is 4.33. The third kappa shape index (κ3) is 4.81. The third-order valence-corrected chi connectivity index (χ3v) is 1.99. The zero-order valence-corrected chi connectivity index (χ0v) is 10.2. The van der Waals surface area contributed by atoms with Crippen molar-refractivity contribution in [2.45, 2.75) is 46.6 Å². The number of ether oxygens (including phenoxy) is 1. The molecular weight excluding hydrogens is 194 g/mol. The summed E-state index contributed by atoms with van der Waals surface area (Å²) in [6.45, 7) is 9.18. The highest BCUT2D eigenvalue weighted by Crippen LogP contribution is 2.18. The smallest absolute Gasteiger partial charge is 0.331 e. The molecule has 0 aromatic rings. The molecular formula is C11H21NO3. The molecule has 4 nitrogen and oxygen atoms in total. The van der Waals surface area contributed by atoms with Crippen molar-refractivity contribution in [2.24, 2.45) is 5.92 Å². The summed E-state index contributed by atoms with van der Waals surface area (Å²) >= 11 is 0. The summed E-state index contributed by atoms with van der Waals surface area (Å²) in [5.74, 6) is -0.272. The summed E-state index contributed by atoms with van der Waals surface area (Å²) in [7, 11) is 0. The summed E-state index contributed by atoms with van der Waals surface area (Å²) in [4.78, 5) is 22.7. The van der Waals surface area contributed by atoms with Gasteiger partial charge in [0.05, 0.1) is 6.61 Å². The molecule has 0 aliphatic rings. The van der Waals surface area contributed by atoms with E-state index in [1.54, 1.807) is 13.8 Å². The van der Waals surface area contributed by atoms with E-state index < -0.39 is 5.54 Å². The number of carbonyl (C=O) groups excluding carboxylic acids is 2. The molecule has 0 unspecified atom stereocenters. The van der Waals surface area contributed by atoms with Crippen molar-refractivity contribution < 1.29 is 14.3 Å². The summed E-state index contributed by atoms with van der Waals surface area (Å²) in [6, 6.07) is 0. The fourth-order valence-electron chi connectivity index (χ4n) is 1.68. The summed E-state index contributed by atoms with van der Waals surface area (Å²) < 4.78 is 4.96. The van der Waals surface area contributed by atoms with Gasteiger partial charge < -0.3 is 10.1 Å². The minimum Gasteiger partial charge on any atom is -0.464 e. The van der Waals surface area contributed by atoms with E-state index in [0.717, 1.165) is 0 Å². The van der Waals surface area contributed by atoms with Gasteiger partial charge in [-0.3, -0.25) is 4.79 Å². The molecule has 0 heterocycles. The van der Waals surface area contributed by atoms with Gasteiger partial charge in [-0.1, -0.05) is 13.8 Å². The third-order valence-electron chi connectivity index (χ3n) is 1.99. The molecule has 0 fully saturated rings. The zero-order valence-electron chi connectivity index (χ0n) is 10.2. The molecule has 0 bridgehead atoms. The predicted molar refractivity (Wildman–Crippen MR) is 58.3 cm³/mol. The van der Waals surface area contributed by atoms with Gasteiger partial charge >= 0.3 is 5.97 Å². The predicted octanol–water partition coefficient (Wildman–Crippen LogP) is 1.49. The second kappa shape index (κ2) is 5.73. The zero-order chi connectivity index (χ0) is 12.1. The number of hydrogen-bond acceptors (Lipinski definition) is 3. The van der Waals surface area contributed by atoms with Crippen molar-refractivity contribution in [3.05, 3.63) is 0 Å². The lowest BCUT2D eigenvalue weighted by molar-refractivity contribution is -0.153. The first kappa shape index (κ1) is 13.9. The van der Waals surface area contributed by atoms with Crippen molar-refractivity contribution in [2.75, 3.05) is 6.61 Å². The standard InChI is InChI=1S/C11H21NO3/c1-6-15-10(14)11(5,7-8(2)3)12-9(4)13/h8H,6-7H2,1-5H3,(H,12,13)/t11-/m1/s1. The Kier molecular flexibility index (Phi) is 5.33. The number of carbonyl (C=O) groups is 2. The first-order chi connectivity index (χ1) is 6.81. The van der Waals surface area contributed by atoms with Gasteiger partial charge in [-0.25, -0.2) is 4.79 Å². The van der Waals surface area contributed by atoms with E-state index in [4.69, 9.17) is 4.74 Å². The van der Waals surface area contributed by atoms with Crippen molar-refractivity contribution in [3.8, 4) is 0 Å². The number of esters is 1. The highest BCUT2D eigenvalue weighted by Gasteiger charge is 2.36. The van der Waals surface area contributed by atoms with Gasteiger partial charge in [0.2, 0.25) is 5.91 Å². The molecule has 1 N–H and O–H groups in total. The van der Waals surface area contributed by atoms with Crippen LogP contribution in [0.5, 0.6) is 0 Å². The maximum atomic E-state index is 11.7. The maximum absolute atomic E-state index is 11.7. The lowest BCUT2D eigenvalue weighted by Crippen LogP contribution is -2.53. The molecule has 0 saturated heterocycles. The van der Waals surface area contributed by atoms with Crippen LogP contribution in [0.15, 0.2) is 0 Å². The van der Waals surface area contributed by atoms with Crippen molar-refractivity contribution in [3.63, 3.8) is 0 Å². The average Bonchev–Trinajstić information content (AvgIpc) is 2.01. The molecule has 0 aromatic heterocycles. The highest BCUT2D eigenvalue weighted by atomic mass is 16.5. The molecule has 1 amide bonds. The number of nitrogens with one attached hydrogen (secondary N) is 1. The largest absolute Gasteiger partial charge is 0.464 e. The Bertz CT molecular complexity index is 238. The Hall–Kier alpha value is -1.06. The molecule has 0 aliphatic carbocycles. The number of hydrogen-bond donors (Lipinski definition) is 1. The van der Waals surface area contributed by atoms with E-state index in [-0.39, 0.29) is 11.9 Å². The van der Waals surface area contributed by atoms with Gasteiger partial charge in [-0.2, -0.15) is 0 Å². The van der Waals surface area contributed by atoms with Crippen LogP contribution in [-0.2, 0) is 14.3 Å². The van der Waals surface area contributed by atoms with E-state index in [9.17, 15) is 9.59 Å². The Labute approximate surface area is 91.4 Å². The van der Waals surface area contributed by atoms with Crippen molar-refractivity contribution in [1.29, 1.82) is 0 Å². The molecule has 0 rings (SSSR count). The molecule has 0 aromatic carbocycles. The van der Waals surface area contributed by atoms with Crippen LogP contribution in [0.4, 0.5) is 0 Å². The monoisotopic (exact) mass is 215 g/mol. The van der Waals surface area contributed by atoms with Gasteiger partial charge in [0.1, 0.15) is 5.54 Å². The Morgan fingerprint density at radius 2 is 1.93 bits per heavy atom.